The van der Waals surface area contributed by atoms with Crippen molar-refractivity contribution in [2.45, 2.75) is 17.8 Å². The molecule has 0 aliphatic heterocycles. The standard InChI is InChI=1S/C8H12N2O3S/c1-14-8-9-7(13)2-3-10(8)4-6(12)5-11/h2-3,6,11-12H,4-5H2,1H3/t6-/m0/s1. The highest BCUT2D eigenvalue weighted by molar-refractivity contribution is 7.98. The average Bonchev–Trinajstić information content (AvgIpc) is 2.20. The van der Waals surface area contributed by atoms with Gasteiger partial charge in [-0.2, -0.15) is 4.98 Å². The number of nitrogens with zero attached hydrogens (tertiary/aromatic N) is 2. The fourth-order valence-corrected chi connectivity index (χ4v) is 1.55. The van der Waals surface area contributed by atoms with E-state index in [0.29, 0.717) is 5.16 Å². The number of hydrogen-bond donors (Lipinski definition) is 2. The van der Waals surface area contributed by atoms with Crippen LogP contribution in [-0.2, 0) is 6.54 Å². The van der Waals surface area contributed by atoms with Crippen LogP contribution in [-0.4, -0.2) is 38.7 Å². The molecule has 0 saturated carbocycles. The van der Waals surface area contributed by atoms with E-state index in [2.05, 4.69) is 4.98 Å². The van der Waals surface area contributed by atoms with Crippen molar-refractivity contribution in [1.82, 2.24) is 9.55 Å². The number of rotatable bonds is 4. The van der Waals surface area contributed by atoms with E-state index in [0.717, 1.165) is 0 Å². The predicted molar refractivity (Wildman–Crippen MR) is 53.4 cm³/mol. The second kappa shape index (κ2) is 5.14. The molecule has 0 unspecified atom stereocenters. The van der Waals surface area contributed by atoms with Crippen LogP contribution in [0.25, 0.3) is 0 Å². The molecule has 0 aliphatic carbocycles. The summed E-state index contributed by atoms with van der Waals surface area (Å²) < 4.78 is 1.63. The lowest BCUT2D eigenvalue weighted by atomic mass is 10.4. The Morgan fingerprint density at radius 3 is 3.00 bits per heavy atom. The van der Waals surface area contributed by atoms with Crippen molar-refractivity contribution >= 4 is 11.8 Å². The zero-order valence-electron chi connectivity index (χ0n) is 7.75. The van der Waals surface area contributed by atoms with Crippen molar-refractivity contribution < 1.29 is 10.2 Å². The first-order valence-electron chi connectivity index (χ1n) is 4.07. The van der Waals surface area contributed by atoms with Gasteiger partial charge in [-0.15, -0.1) is 0 Å². The van der Waals surface area contributed by atoms with Crippen molar-refractivity contribution in [3.8, 4) is 0 Å². The molecule has 2 N–H and O–H groups in total. The van der Waals surface area contributed by atoms with E-state index in [9.17, 15) is 9.90 Å². The topological polar surface area (TPSA) is 75.4 Å². The van der Waals surface area contributed by atoms with Crippen LogP contribution in [0.5, 0.6) is 0 Å². The van der Waals surface area contributed by atoms with Gasteiger partial charge in [0, 0.05) is 12.3 Å². The molecule has 1 aromatic rings. The van der Waals surface area contributed by atoms with Crippen LogP contribution in [0.1, 0.15) is 0 Å². The van der Waals surface area contributed by atoms with E-state index in [1.807, 2.05) is 0 Å². The van der Waals surface area contributed by atoms with Gasteiger partial charge in [0.2, 0.25) is 0 Å². The Kier molecular flexibility index (Phi) is 4.12. The normalized spacial score (nSPS) is 12.8. The molecule has 1 atom stereocenters. The van der Waals surface area contributed by atoms with E-state index in [1.165, 1.54) is 17.8 Å². The molecule has 78 valence electrons. The van der Waals surface area contributed by atoms with Crippen molar-refractivity contribution in [1.29, 1.82) is 0 Å². The maximum absolute atomic E-state index is 10.9. The SMILES string of the molecule is CSc1nc(=O)ccn1C[C@H](O)CO. The lowest BCUT2D eigenvalue weighted by molar-refractivity contribution is 0.0786. The molecular formula is C8H12N2O3S. The van der Waals surface area contributed by atoms with Gasteiger partial charge >= 0.3 is 0 Å². The fraction of sp³-hybridized carbons (Fsp3) is 0.500. The first-order valence-corrected chi connectivity index (χ1v) is 5.30. The monoisotopic (exact) mass is 216 g/mol. The van der Waals surface area contributed by atoms with E-state index in [-0.39, 0.29) is 18.7 Å². The van der Waals surface area contributed by atoms with E-state index >= 15 is 0 Å². The molecule has 1 heterocycles. The maximum Gasteiger partial charge on any atom is 0.273 e. The van der Waals surface area contributed by atoms with Crippen LogP contribution in [0.15, 0.2) is 22.2 Å². The average molecular weight is 216 g/mol. The van der Waals surface area contributed by atoms with Gasteiger partial charge in [-0.3, -0.25) is 4.79 Å². The summed E-state index contributed by atoms with van der Waals surface area (Å²) in [6, 6.07) is 1.32. The van der Waals surface area contributed by atoms with Crippen LogP contribution >= 0.6 is 11.8 Å². The molecular weight excluding hydrogens is 204 g/mol. The summed E-state index contributed by atoms with van der Waals surface area (Å²) in [7, 11) is 0. The largest absolute Gasteiger partial charge is 0.394 e. The van der Waals surface area contributed by atoms with Gasteiger partial charge in [0.1, 0.15) is 0 Å². The molecule has 0 aromatic carbocycles. The van der Waals surface area contributed by atoms with Gasteiger partial charge in [0.15, 0.2) is 5.16 Å². The van der Waals surface area contributed by atoms with Gasteiger partial charge < -0.3 is 14.8 Å². The van der Waals surface area contributed by atoms with Gasteiger partial charge in [-0.1, -0.05) is 11.8 Å². The maximum atomic E-state index is 10.9. The highest BCUT2D eigenvalue weighted by Crippen LogP contribution is 2.09. The van der Waals surface area contributed by atoms with Crippen molar-refractivity contribution in [3.05, 3.63) is 22.6 Å². The zero-order valence-corrected chi connectivity index (χ0v) is 8.57. The summed E-state index contributed by atoms with van der Waals surface area (Å²) in [4.78, 5) is 14.7. The van der Waals surface area contributed by atoms with Gasteiger partial charge in [-0.05, 0) is 6.26 Å². The minimum Gasteiger partial charge on any atom is -0.394 e. The molecule has 0 saturated heterocycles. The Labute approximate surface area is 85.4 Å². The molecule has 6 heteroatoms. The predicted octanol–water partition coefficient (Wildman–Crippen LogP) is -0.682. The third kappa shape index (κ3) is 2.83. The molecule has 0 fully saturated rings. The Morgan fingerprint density at radius 2 is 2.43 bits per heavy atom. The first kappa shape index (κ1) is 11.2. The highest BCUT2D eigenvalue weighted by Gasteiger charge is 2.06. The number of thioether (sulfide) groups is 1. The Hall–Kier alpha value is -0.850. The molecule has 0 bridgehead atoms. The van der Waals surface area contributed by atoms with Gasteiger partial charge in [0.25, 0.3) is 5.56 Å². The molecule has 1 aromatic heterocycles. The lowest BCUT2D eigenvalue weighted by Crippen LogP contribution is -2.23. The summed E-state index contributed by atoms with van der Waals surface area (Å²) in [6.07, 6.45) is 2.52. The summed E-state index contributed by atoms with van der Waals surface area (Å²) in [6.45, 7) is -0.0695. The summed E-state index contributed by atoms with van der Waals surface area (Å²) >= 11 is 1.32. The number of aromatic nitrogens is 2. The highest BCUT2D eigenvalue weighted by atomic mass is 32.2. The smallest absolute Gasteiger partial charge is 0.273 e. The quantitative estimate of drug-likeness (QED) is 0.515. The van der Waals surface area contributed by atoms with Gasteiger partial charge in [-0.25, -0.2) is 0 Å². The molecule has 1 rings (SSSR count). The van der Waals surface area contributed by atoms with Crippen molar-refractivity contribution in [2.24, 2.45) is 0 Å². The molecule has 0 amide bonds. The minimum atomic E-state index is -0.829. The number of aliphatic hydroxyl groups excluding tert-OH is 2. The van der Waals surface area contributed by atoms with Crippen LogP contribution in [0, 0.1) is 0 Å². The zero-order chi connectivity index (χ0) is 10.6. The lowest BCUT2D eigenvalue weighted by Gasteiger charge is -2.12. The third-order valence-electron chi connectivity index (χ3n) is 1.65. The van der Waals surface area contributed by atoms with E-state index < -0.39 is 6.10 Å². The number of hydrogen-bond acceptors (Lipinski definition) is 5. The number of aliphatic hydroxyl groups is 2. The Morgan fingerprint density at radius 1 is 1.71 bits per heavy atom. The molecule has 0 aliphatic rings. The third-order valence-corrected chi connectivity index (χ3v) is 2.34. The second-order valence-electron chi connectivity index (χ2n) is 2.74. The van der Waals surface area contributed by atoms with Crippen LogP contribution < -0.4 is 5.56 Å². The Balaban J connectivity index is 2.90. The summed E-state index contributed by atoms with van der Waals surface area (Å²) in [5, 5.41) is 18.4. The minimum absolute atomic E-state index is 0.236. The molecule has 14 heavy (non-hydrogen) atoms. The van der Waals surface area contributed by atoms with Crippen molar-refractivity contribution in [3.63, 3.8) is 0 Å². The van der Waals surface area contributed by atoms with Gasteiger partial charge in [0.05, 0.1) is 19.3 Å². The molecule has 5 nitrogen and oxygen atoms in total. The van der Waals surface area contributed by atoms with E-state index in [4.69, 9.17) is 5.11 Å². The van der Waals surface area contributed by atoms with E-state index in [1.54, 1.807) is 17.0 Å². The fourth-order valence-electron chi connectivity index (χ4n) is 1.000. The second-order valence-corrected chi connectivity index (χ2v) is 3.51. The van der Waals surface area contributed by atoms with Crippen LogP contribution in [0.3, 0.4) is 0 Å². The summed E-state index contributed by atoms with van der Waals surface area (Å²) in [5.74, 6) is 0. The summed E-state index contributed by atoms with van der Waals surface area (Å²) in [5.41, 5.74) is -0.302. The van der Waals surface area contributed by atoms with Crippen LogP contribution in [0.4, 0.5) is 0 Å². The Bertz CT molecular complexity index is 353. The van der Waals surface area contributed by atoms with Crippen LogP contribution in [0.2, 0.25) is 0 Å². The first-order chi connectivity index (χ1) is 6.67. The van der Waals surface area contributed by atoms with Crippen molar-refractivity contribution in [2.75, 3.05) is 12.9 Å². The molecule has 0 radical (unpaired) electrons. The molecule has 0 spiro atoms.